The number of hydrogen-bond donors (Lipinski definition) is 2. The fourth-order valence-electron chi connectivity index (χ4n) is 1.82. The molecule has 0 aliphatic heterocycles. The maximum Gasteiger partial charge on any atom is 0.224 e. The third kappa shape index (κ3) is 9.50. The van der Waals surface area contributed by atoms with E-state index in [4.69, 9.17) is 5.73 Å². The van der Waals surface area contributed by atoms with Gasteiger partial charge in [-0.1, -0.05) is 6.92 Å². The van der Waals surface area contributed by atoms with Crippen molar-refractivity contribution < 1.29 is 4.79 Å². The number of hydrogen-bond acceptors (Lipinski definition) is 3. The number of carbonyl (C=O) groups excluding carboxylic acids is 1. The van der Waals surface area contributed by atoms with Crippen LogP contribution in [0.3, 0.4) is 0 Å². The van der Waals surface area contributed by atoms with Crippen LogP contribution in [0.1, 0.15) is 41.5 Å². The molecular weight excluding hydrogens is 285 g/mol. The van der Waals surface area contributed by atoms with Crippen molar-refractivity contribution in [3.8, 4) is 0 Å². The monoisotopic (exact) mass is 315 g/mol. The van der Waals surface area contributed by atoms with Crippen molar-refractivity contribution in [1.29, 1.82) is 0 Å². The Morgan fingerprint density at radius 3 is 1.79 bits per heavy atom. The largest absolute Gasteiger partial charge is 0.355 e. The Kier molecular flexibility index (Phi) is 14.9. The van der Waals surface area contributed by atoms with Gasteiger partial charge in [0, 0.05) is 37.1 Å². The smallest absolute Gasteiger partial charge is 0.224 e. The second-order valence-electron chi connectivity index (χ2n) is 5.36. The van der Waals surface area contributed by atoms with Gasteiger partial charge in [-0.2, -0.15) is 0 Å². The van der Waals surface area contributed by atoms with Crippen LogP contribution < -0.4 is 11.1 Å². The average Bonchev–Trinajstić information content (AvgIpc) is 2.21. The van der Waals surface area contributed by atoms with E-state index in [9.17, 15) is 4.79 Å². The minimum absolute atomic E-state index is 0. The lowest BCUT2D eigenvalue weighted by molar-refractivity contribution is -0.125. The molecule has 0 aliphatic carbocycles. The van der Waals surface area contributed by atoms with E-state index in [-0.39, 0.29) is 42.7 Å². The molecule has 6 heteroatoms. The molecule has 0 saturated carbocycles. The summed E-state index contributed by atoms with van der Waals surface area (Å²) in [4.78, 5) is 14.1. The summed E-state index contributed by atoms with van der Waals surface area (Å²) in [6.07, 6.45) is 0. The van der Waals surface area contributed by atoms with Gasteiger partial charge >= 0.3 is 0 Å². The quantitative estimate of drug-likeness (QED) is 0.756. The fraction of sp³-hybridized carbons (Fsp3) is 0.923. The van der Waals surface area contributed by atoms with Crippen LogP contribution in [0.15, 0.2) is 0 Å². The fourth-order valence-corrected chi connectivity index (χ4v) is 1.82. The van der Waals surface area contributed by atoms with Crippen molar-refractivity contribution in [2.75, 3.05) is 13.1 Å². The van der Waals surface area contributed by atoms with Gasteiger partial charge in [0.15, 0.2) is 0 Å². The van der Waals surface area contributed by atoms with E-state index in [0.717, 1.165) is 6.54 Å². The maximum absolute atomic E-state index is 11.7. The Bertz CT molecular complexity index is 228. The standard InChI is InChI=1S/C13H29N3O.2ClH/c1-9(2)16(10(3)4)8-7-15-13(17)11(5)12(6)14;;/h9-12H,7-8,14H2,1-6H3,(H,15,17);2*1H. The predicted molar refractivity (Wildman–Crippen MR) is 87.3 cm³/mol. The number of carbonyl (C=O) groups is 1. The molecule has 0 heterocycles. The molecular formula is C13H31Cl2N3O. The van der Waals surface area contributed by atoms with Gasteiger partial charge in [0.2, 0.25) is 5.91 Å². The Labute approximate surface area is 130 Å². The number of halogens is 2. The van der Waals surface area contributed by atoms with Crippen LogP contribution in [0, 0.1) is 5.92 Å². The minimum atomic E-state index is -0.124. The summed E-state index contributed by atoms with van der Waals surface area (Å²) in [6.45, 7) is 14.0. The van der Waals surface area contributed by atoms with Crippen LogP contribution in [0.2, 0.25) is 0 Å². The third-order valence-corrected chi connectivity index (χ3v) is 3.20. The topological polar surface area (TPSA) is 58.4 Å². The van der Waals surface area contributed by atoms with Crippen molar-refractivity contribution in [2.45, 2.75) is 59.7 Å². The zero-order valence-electron chi connectivity index (χ0n) is 13.0. The molecule has 118 valence electrons. The molecule has 0 aromatic rings. The second kappa shape index (κ2) is 11.8. The summed E-state index contributed by atoms with van der Waals surface area (Å²) >= 11 is 0. The molecule has 0 spiro atoms. The lowest BCUT2D eigenvalue weighted by atomic mass is 10.0. The van der Waals surface area contributed by atoms with Gasteiger partial charge in [0.05, 0.1) is 0 Å². The van der Waals surface area contributed by atoms with Crippen molar-refractivity contribution in [2.24, 2.45) is 11.7 Å². The Balaban J connectivity index is -0.00000128. The summed E-state index contributed by atoms with van der Waals surface area (Å²) in [6, 6.07) is 0.900. The highest BCUT2D eigenvalue weighted by molar-refractivity contribution is 5.85. The van der Waals surface area contributed by atoms with Crippen LogP contribution in [0.4, 0.5) is 0 Å². The van der Waals surface area contributed by atoms with Gasteiger partial charge in [-0.25, -0.2) is 0 Å². The number of nitrogens with two attached hydrogens (primary N) is 1. The zero-order valence-corrected chi connectivity index (χ0v) is 14.6. The van der Waals surface area contributed by atoms with E-state index in [1.807, 2.05) is 13.8 Å². The van der Waals surface area contributed by atoms with Crippen molar-refractivity contribution in [3.63, 3.8) is 0 Å². The molecule has 1 amide bonds. The minimum Gasteiger partial charge on any atom is -0.355 e. The third-order valence-electron chi connectivity index (χ3n) is 3.20. The van der Waals surface area contributed by atoms with Crippen molar-refractivity contribution >= 4 is 30.7 Å². The number of amides is 1. The van der Waals surface area contributed by atoms with Crippen LogP contribution in [0.25, 0.3) is 0 Å². The molecule has 0 aromatic carbocycles. The number of nitrogens with zero attached hydrogens (tertiary/aromatic N) is 1. The maximum atomic E-state index is 11.7. The van der Waals surface area contributed by atoms with Gasteiger partial charge in [0.25, 0.3) is 0 Å². The summed E-state index contributed by atoms with van der Waals surface area (Å²) in [5.74, 6) is -0.0750. The van der Waals surface area contributed by atoms with E-state index in [2.05, 4.69) is 37.9 Å². The SMILES string of the molecule is CC(N)C(C)C(=O)NCCN(C(C)C)C(C)C.Cl.Cl. The summed E-state index contributed by atoms with van der Waals surface area (Å²) in [5, 5.41) is 2.94. The first-order valence-corrected chi connectivity index (χ1v) is 6.56. The van der Waals surface area contributed by atoms with Gasteiger partial charge in [-0.15, -0.1) is 24.8 Å². The zero-order chi connectivity index (χ0) is 13.6. The first-order valence-electron chi connectivity index (χ1n) is 6.56. The van der Waals surface area contributed by atoms with Crippen molar-refractivity contribution in [1.82, 2.24) is 10.2 Å². The molecule has 0 fully saturated rings. The first kappa shape index (κ1) is 24.0. The van der Waals surface area contributed by atoms with E-state index < -0.39 is 0 Å². The molecule has 0 radical (unpaired) electrons. The molecule has 0 aromatic heterocycles. The van der Waals surface area contributed by atoms with Gasteiger partial charge < -0.3 is 11.1 Å². The van der Waals surface area contributed by atoms with E-state index in [1.54, 1.807) is 0 Å². The second-order valence-corrected chi connectivity index (χ2v) is 5.36. The van der Waals surface area contributed by atoms with Crippen molar-refractivity contribution in [3.05, 3.63) is 0 Å². The lowest BCUT2D eigenvalue weighted by Gasteiger charge is -2.30. The van der Waals surface area contributed by atoms with E-state index >= 15 is 0 Å². The predicted octanol–water partition coefficient (Wildman–Crippen LogP) is 2.05. The van der Waals surface area contributed by atoms with E-state index in [0.29, 0.717) is 18.6 Å². The molecule has 2 unspecified atom stereocenters. The lowest BCUT2D eigenvalue weighted by Crippen LogP contribution is -2.45. The van der Waals surface area contributed by atoms with Gasteiger partial charge in [-0.05, 0) is 34.6 Å². The molecule has 0 rings (SSSR count). The normalized spacial score (nSPS) is 13.8. The molecule has 19 heavy (non-hydrogen) atoms. The Hall–Kier alpha value is -0.0300. The Morgan fingerprint density at radius 2 is 1.47 bits per heavy atom. The summed E-state index contributed by atoms with van der Waals surface area (Å²) in [7, 11) is 0. The van der Waals surface area contributed by atoms with Crippen LogP contribution in [0.5, 0.6) is 0 Å². The number of rotatable bonds is 7. The molecule has 4 nitrogen and oxygen atoms in total. The highest BCUT2D eigenvalue weighted by atomic mass is 35.5. The molecule has 2 atom stereocenters. The molecule has 3 N–H and O–H groups in total. The number of nitrogens with one attached hydrogen (secondary N) is 1. The van der Waals surface area contributed by atoms with Crippen LogP contribution in [-0.2, 0) is 4.79 Å². The molecule has 0 saturated heterocycles. The van der Waals surface area contributed by atoms with Crippen LogP contribution >= 0.6 is 24.8 Å². The van der Waals surface area contributed by atoms with Crippen LogP contribution in [-0.4, -0.2) is 42.0 Å². The van der Waals surface area contributed by atoms with E-state index in [1.165, 1.54) is 0 Å². The summed E-state index contributed by atoms with van der Waals surface area (Å²) < 4.78 is 0. The van der Waals surface area contributed by atoms with Gasteiger partial charge in [0.1, 0.15) is 0 Å². The highest BCUT2D eigenvalue weighted by Gasteiger charge is 2.17. The summed E-state index contributed by atoms with van der Waals surface area (Å²) in [5.41, 5.74) is 5.69. The Morgan fingerprint density at radius 1 is 1.05 bits per heavy atom. The van der Waals surface area contributed by atoms with Gasteiger partial charge in [-0.3, -0.25) is 9.69 Å². The first-order chi connectivity index (χ1) is 7.77. The average molecular weight is 316 g/mol. The molecule has 0 aliphatic rings. The highest BCUT2D eigenvalue weighted by Crippen LogP contribution is 2.04. The molecule has 0 bridgehead atoms.